The van der Waals surface area contributed by atoms with Crippen LogP contribution in [0.15, 0.2) is 77.9 Å². The molecular formula is C24H24N2O2. The highest BCUT2D eigenvalue weighted by atomic mass is 16.5. The van der Waals surface area contributed by atoms with Crippen molar-refractivity contribution in [1.82, 2.24) is 5.43 Å². The molecule has 3 aromatic carbocycles. The van der Waals surface area contributed by atoms with Crippen molar-refractivity contribution in [1.29, 1.82) is 0 Å². The summed E-state index contributed by atoms with van der Waals surface area (Å²) in [5.41, 5.74) is 7.93. The van der Waals surface area contributed by atoms with Crippen molar-refractivity contribution in [2.45, 2.75) is 26.9 Å². The van der Waals surface area contributed by atoms with Gasteiger partial charge in [-0.25, -0.2) is 5.43 Å². The minimum absolute atomic E-state index is 0.143. The van der Waals surface area contributed by atoms with Gasteiger partial charge in [0.05, 0.1) is 12.6 Å². The van der Waals surface area contributed by atoms with Crippen molar-refractivity contribution in [3.8, 4) is 5.75 Å². The zero-order valence-corrected chi connectivity index (χ0v) is 16.2. The number of nitrogens with zero attached hydrogens (tertiary/aromatic N) is 1. The van der Waals surface area contributed by atoms with E-state index in [1.54, 1.807) is 6.21 Å². The Morgan fingerprint density at radius 1 is 0.929 bits per heavy atom. The average molecular weight is 372 g/mol. The smallest absolute Gasteiger partial charge is 0.244 e. The number of aryl methyl sites for hydroxylation is 2. The number of carbonyl (C=O) groups excluding carboxylic acids is 1. The van der Waals surface area contributed by atoms with E-state index in [0.29, 0.717) is 13.0 Å². The van der Waals surface area contributed by atoms with Gasteiger partial charge in [0.25, 0.3) is 0 Å². The van der Waals surface area contributed by atoms with E-state index in [2.05, 4.69) is 17.5 Å². The van der Waals surface area contributed by atoms with Crippen LogP contribution in [0.25, 0.3) is 0 Å². The summed E-state index contributed by atoms with van der Waals surface area (Å²) in [4.78, 5) is 12.1. The summed E-state index contributed by atoms with van der Waals surface area (Å²) < 4.78 is 5.81. The fourth-order valence-electron chi connectivity index (χ4n) is 2.74. The van der Waals surface area contributed by atoms with E-state index in [1.165, 1.54) is 11.1 Å². The summed E-state index contributed by atoms with van der Waals surface area (Å²) in [5, 5.41) is 4.06. The molecule has 0 saturated heterocycles. The molecule has 3 aromatic rings. The molecule has 0 aliphatic carbocycles. The molecule has 0 aliphatic rings. The molecule has 0 aromatic heterocycles. The predicted octanol–water partition coefficient (Wildman–Crippen LogP) is 4.58. The first kappa shape index (κ1) is 19.4. The SMILES string of the molecule is Cc1ccc(CC(=O)N/N=C\c2cccc(OCc3ccccc3)c2)cc1C. The minimum atomic E-state index is -0.143. The molecule has 4 nitrogen and oxygen atoms in total. The van der Waals surface area contributed by atoms with E-state index in [9.17, 15) is 4.79 Å². The normalized spacial score (nSPS) is 10.8. The molecule has 28 heavy (non-hydrogen) atoms. The van der Waals surface area contributed by atoms with Gasteiger partial charge in [0.1, 0.15) is 12.4 Å². The largest absolute Gasteiger partial charge is 0.489 e. The van der Waals surface area contributed by atoms with Gasteiger partial charge in [0, 0.05) is 0 Å². The van der Waals surface area contributed by atoms with Crippen LogP contribution in [0.4, 0.5) is 0 Å². The standard InChI is InChI=1S/C24H24N2O2/c1-18-11-12-21(13-19(18)2)15-24(27)26-25-16-22-9-6-10-23(14-22)28-17-20-7-4-3-5-8-20/h3-14,16H,15,17H2,1-2H3,(H,26,27)/b25-16-. The maximum atomic E-state index is 12.1. The third-order valence-electron chi connectivity index (χ3n) is 4.45. The van der Waals surface area contributed by atoms with Gasteiger partial charge in [-0.3, -0.25) is 4.79 Å². The summed E-state index contributed by atoms with van der Waals surface area (Å²) in [6.07, 6.45) is 1.92. The summed E-state index contributed by atoms with van der Waals surface area (Å²) >= 11 is 0. The Bertz CT molecular complexity index is 965. The summed E-state index contributed by atoms with van der Waals surface area (Å²) in [6.45, 7) is 4.61. The molecule has 0 saturated carbocycles. The van der Waals surface area contributed by atoms with E-state index >= 15 is 0 Å². The van der Waals surface area contributed by atoms with Gasteiger partial charge in [-0.05, 0) is 53.8 Å². The second-order valence-corrected chi connectivity index (χ2v) is 6.74. The molecule has 0 heterocycles. The average Bonchev–Trinajstić information content (AvgIpc) is 2.70. The van der Waals surface area contributed by atoms with Crippen LogP contribution < -0.4 is 10.2 Å². The number of hydrogen-bond acceptors (Lipinski definition) is 3. The van der Waals surface area contributed by atoms with Crippen LogP contribution in [-0.4, -0.2) is 12.1 Å². The Balaban J connectivity index is 1.52. The Hall–Kier alpha value is -3.40. The number of ether oxygens (including phenoxy) is 1. The first-order valence-corrected chi connectivity index (χ1v) is 9.25. The summed E-state index contributed by atoms with van der Waals surface area (Å²) in [7, 11) is 0. The van der Waals surface area contributed by atoms with E-state index in [1.807, 2.05) is 79.7 Å². The molecule has 0 aliphatic heterocycles. The summed E-state index contributed by atoms with van der Waals surface area (Å²) in [6, 6.07) is 23.6. The van der Waals surface area contributed by atoms with Crippen molar-refractivity contribution >= 4 is 12.1 Å². The van der Waals surface area contributed by atoms with Gasteiger partial charge >= 0.3 is 0 Å². The van der Waals surface area contributed by atoms with Gasteiger partial charge in [0.2, 0.25) is 5.91 Å². The van der Waals surface area contributed by atoms with Gasteiger partial charge in [-0.2, -0.15) is 5.10 Å². The maximum Gasteiger partial charge on any atom is 0.244 e. The van der Waals surface area contributed by atoms with Crippen LogP contribution in [0.1, 0.15) is 27.8 Å². The Morgan fingerprint density at radius 2 is 1.75 bits per heavy atom. The van der Waals surface area contributed by atoms with Crippen molar-refractivity contribution in [3.63, 3.8) is 0 Å². The van der Waals surface area contributed by atoms with E-state index in [4.69, 9.17) is 4.74 Å². The van der Waals surface area contributed by atoms with Crippen LogP contribution in [0, 0.1) is 13.8 Å². The third-order valence-corrected chi connectivity index (χ3v) is 4.45. The zero-order valence-electron chi connectivity index (χ0n) is 16.2. The first-order valence-electron chi connectivity index (χ1n) is 9.25. The van der Waals surface area contributed by atoms with E-state index in [0.717, 1.165) is 22.4 Å². The van der Waals surface area contributed by atoms with Gasteiger partial charge in [0.15, 0.2) is 0 Å². The molecule has 0 fully saturated rings. The Labute approximate surface area is 165 Å². The number of carbonyl (C=O) groups is 1. The van der Waals surface area contributed by atoms with Crippen LogP contribution in [0.3, 0.4) is 0 Å². The molecule has 3 rings (SSSR count). The van der Waals surface area contributed by atoms with Crippen LogP contribution in [-0.2, 0) is 17.8 Å². The lowest BCUT2D eigenvalue weighted by Crippen LogP contribution is -2.19. The van der Waals surface area contributed by atoms with E-state index < -0.39 is 0 Å². The van der Waals surface area contributed by atoms with Gasteiger partial charge < -0.3 is 4.74 Å². The third kappa shape index (κ3) is 5.81. The second-order valence-electron chi connectivity index (χ2n) is 6.74. The maximum absolute atomic E-state index is 12.1. The number of amides is 1. The van der Waals surface area contributed by atoms with Crippen LogP contribution in [0.2, 0.25) is 0 Å². The van der Waals surface area contributed by atoms with Crippen molar-refractivity contribution in [2.24, 2.45) is 5.10 Å². The highest BCUT2D eigenvalue weighted by Gasteiger charge is 2.03. The molecule has 0 radical (unpaired) electrons. The lowest BCUT2D eigenvalue weighted by Gasteiger charge is -2.07. The molecular weight excluding hydrogens is 348 g/mol. The highest BCUT2D eigenvalue weighted by Crippen LogP contribution is 2.14. The predicted molar refractivity (Wildman–Crippen MR) is 113 cm³/mol. The number of benzene rings is 3. The number of hydrogen-bond donors (Lipinski definition) is 1. The zero-order chi connectivity index (χ0) is 19.8. The number of nitrogens with one attached hydrogen (secondary N) is 1. The highest BCUT2D eigenvalue weighted by molar-refractivity contribution is 5.83. The minimum Gasteiger partial charge on any atom is -0.489 e. The van der Waals surface area contributed by atoms with Crippen LogP contribution >= 0.6 is 0 Å². The lowest BCUT2D eigenvalue weighted by molar-refractivity contribution is -0.120. The van der Waals surface area contributed by atoms with Gasteiger partial charge in [-0.1, -0.05) is 60.7 Å². The topological polar surface area (TPSA) is 50.7 Å². The number of hydrazone groups is 1. The molecule has 0 bridgehead atoms. The lowest BCUT2D eigenvalue weighted by atomic mass is 10.0. The molecule has 0 unspecified atom stereocenters. The molecule has 142 valence electrons. The Kier molecular flexibility index (Phi) is 6.58. The molecule has 1 amide bonds. The first-order chi connectivity index (χ1) is 13.6. The molecule has 0 atom stereocenters. The second kappa shape index (κ2) is 9.51. The number of rotatable bonds is 7. The molecule has 1 N–H and O–H groups in total. The van der Waals surface area contributed by atoms with Crippen molar-refractivity contribution < 1.29 is 9.53 Å². The molecule has 0 spiro atoms. The summed E-state index contributed by atoms with van der Waals surface area (Å²) in [5.74, 6) is 0.616. The monoisotopic (exact) mass is 372 g/mol. The Morgan fingerprint density at radius 3 is 2.54 bits per heavy atom. The quantitative estimate of drug-likeness (QED) is 0.488. The van der Waals surface area contributed by atoms with Crippen LogP contribution in [0.5, 0.6) is 5.75 Å². The van der Waals surface area contributed by atoms with Crippen molar-refractivity contribution in [3.05, 3.63) is 101 Å². The fourth-order valence-corrected chi connectivity index (χ4v) is 2.74. The fraction of sp³-hybridized carbons (Fsp3) is 0.167. The van der Waals surface area contributed by atoms with Gasteiger partial charge in [-0.15, -0.1) is 0 Å². The van der Waals surface area contributed by atoms with E-state index in [-0.39, 0.29) is 5.91 Å². The van der Waals surface area contributed by atoms with Crippen molar-refractivity contribution in [2.75, 3.05) is 0 Å². The molecule has 4 heteroatoms.